The molecule has 1 fully saturated rings. The Morgan fingerprint density at radius 1 is 1.47 bits per heavy atom. The molecule has 5 heteroatoms. The van der Waals surface area contributed by atoms with Gasteiger partial charge in [-0.2, -0.15) is 11.8 Å². The number of nitrogens with zero attached hydrogens (tertiary/aromatic N) is 1. The van der Waals surface area contributed by atoms with Crippen LogP contribution < -0.4 is 16.0 Å². The molecule has 1 aromatic heterocycles. The maximum atomic E-state index is 5.79. The second kappa shape index (κ2) is 6.11. The van der Waals surface area contributed by atoms with Crippen LogP contribution in [0.3, 0.4) is 0 Å². The highest BCUT2D eigenvalue weighted by atomic mass is 32.2. The Morgan fingerprint density at radius 3 is 2.84 bits per heavy atom. The maximum absolute atomic E-state index is 5.79. The van der Waals surface area contributed by atoms with Crippen LogP contribution in [-0.4, -0.2) is 21.6 Å². The normalized spacial score (nSPS) is 24.7. The lowest BCUT2D eigenvalue weighted by Crippen LogP contribution is -2.41. The van der Waals surface area contributed by atoms with E-state index in [4.69, 9.17) is 10.6 Å². The van der Waals surface area contributed by atoms with Gasteiger partial charge in [0.2, 0.25) is 0 Å². The Labute approximate surface area is 119 Å². The molecule has 4 nitrogen and oxygen atoms in total. The van der Waals surface area contributed by atoms with Crippen molar-refractivity contribution in [1.82, 2.24) is 10.4 Å². The van der Waals surface area contributed by atoms with E-state index in [1.807, 2.05) is 37.9 Å². The van der Waals surface area contributed by atoms with E-state index < -0.39 is 0 Å². The Balaban J connectivity index is 2.23. The first kappa shape index (κ1) is 14.6. The average Bonchev–Trinajstić information content (AvgIpc) is 2.77. The minimum Gasteiger partial charge on any atom is -0.489 e. The van der Waals surface area contributed by atoms with Crippen molar-refractivity contribution in [3.63, 3.8) is 0 Å². The molecule has 19 heavy (non-hydrogen) atoms. The first-order chi connectivity index (χ1) is 9.05. The molecule has 0 bridgehead atoms. The standard InChI is InChI=1S/C14H23N3OS/c1-10(2)18-12-7-11(8-16-9-12)13(17-15)14(3)5-4-6-19-14/h7-10,13,17H,4-6,15H2,1-3H3. The molecule has 2 atom stereocenters. The summed E-state index contributed by atoms with van der Waals surface area (Å²) < 4.78 is 5.84. The number of nitrogens with two attached hydrogens (primary N) is 1. The molecule has 0 radical (unpaired) electrons. The maximum Gasteiger partial charge on any atom is 0.138 e. The van der Waals surface area contributed by atoms with Gasteiger partial charge in [-0.1, -0.05) is 0 Å². The van der Waals surface area contributed by atoms with Crippen LogP contribution >= 0.6 is 11.8 Å². The first-order valence-corrected chi connectivity index (χ1v) is 7.75. The minimum absolute atomic E-state index is 0.100. The molecule has 106 valence electrons. The van der Waals surface area contributed by atoms with Gasteiger partial charge in [-0.15, -0.1) is 0 Å². The van der Waals surface area contributed by atoms with E-state index in [-0.39, 0.29) is 16.9 Å². The molecule has 0 spiro atoms. The Morgan fingerprint density at radius 2 is 2.26 bits per heavy atom. The van der Waals surface area contributed by atoms with Gasteiger partial charge in [0, 0.05) is 10.9 Å². The molecule has 1 saturated heterocycles. The highest BCUT2D eigenvalue weighted by Gasteiger charge is 2.38. The summed E-state index contributed by atoms with van der Waals surface area (Å²) in [7, 11) is 0. The van der Waals surface area contributed by atoms with Crippen molar-refractivity contribution in [2.45, 2.75) is 50.5 Å². The number of thioether (sulfide) groups is 1. The highest BCUT2D eigenvalue weighted by Crippen LogP contribution is 2.46. The average molecular weight is 281 g/mol. The SMILES string of the molecule is CC(C)Oc1cncc(C(NN)C2(C)CCCS2)c1. The molecule has 0 aliphatic carbocycles. The van der Waals surface area contributed by atoms with E-state index in [9.17, 15) is 0 Å². The fourth-order valence-corrected chi connectivity index (χ4v) is 4.00. The topological polar surface area (TPSA) is 60.2 Å². The van der Waals surface area contributed by atoms with Gasteiger partial charge < -0.3 is 4.74 Å². The van der Waals surface area contributed by atoms with Crippen LogP contribution in [0.4, 0.5) is 0 Å². The van der Waals surface area contributed by atoms with Crippen molar-refractivity contribution >= 4 is 11.8 Å². The summed E-state index contributed by atoms with van der Waals surface area (Å²) in [4.78, 5) is 4.28. The van der Waals surface area contributed by atoms with Crippen LogP contribution in [0.2, 0.25) is 0 Å². The van der Waals surface area contributed by atoms with E-state index in [1.165, 1.54) is 18.6 Å². The van der Waals surface area contributed by atoms with Gasteiger partial charge in [0.15, 0.2) is 0 Å². The Hall–Kier alpha value is -0.780. The number of nitrogens with one attached hydrogen (secondary N) is 1. The zero-order valence-electron chi connectivity index (χ0n) is 11.8. The van der Waals surface area contributed by atoms with Gasteiger partial charge in [-0.25, -0.2) is 0 Å². The fraction of sp³-hybridized carbons (Fsp3) is 0.643. The second-order valence-corrected chi connectivity index (χ2v) is 7.11. The summed E-state index contributed by atoms with van der Waals surface area (Å²) in [5, 5.41) is 0. The number of aromatic nitrogens is 1. The van der Waals surface area contributed by atoms with Crippen LogP contribution in [-0.2, 0) is 0 Å². The van der Waals surface area contributed by atoms with Gasteiger partial charge >= 0.3 is 0 Å². The first-order valence-electron chi connectivity index (χ1n) is 6.77. The van der Waals surface area contributed by atoms with Gasteiger partial charge in [0.1, 0.15) is 5.75 Å². The van der Waals surface area contributed by atoms with Crippen molar-refractivity contribution in [2.24, 2.45) is 5.84 Å². The van der Waals surface area contributed by atoms with Gasteiger partial charge in [-0.3, -0.25) is 16.3 Å². The summed E-state index contributed by atoms with van der Waals surface area (Å²) >= 11 is 1.98. The van der Waals surface area contributed by atoms with Crippen LogP contribution in [0.25, 0.3) is 0 Å². The smallest absolute Gasteiger partial charge is 0.138 e. The van der Waals surface area contributed by atoms with Crippen LogP contribution in [0.15, 0.2) is 18.5 Å². The summed E-state index contributed by atoms with van der Waals surface area (Å²) in [6.45, 7) is 6.30. The lowest BCUT2D eigenvalue weighted by molar-refractivity contribution is 0.241. The molecule has 0 amide bonds. The highest BCUT2D eigenvalue weighted by molar-refractivity contribution is 8.00. The summed E-state index contributed by atoms with van der Waals surface area (Å²) in [6, 6.07) is 2.14. The summed E-state index contributed by atoms with van der Waals surface area (Å²) in [6.07, 6.45) is 6.19. The van der Waals surface area contributed by atoms with Crippen molar-refractivity contribution in [3.8, 4) is 5.75 Å². The molecule has 2 unspecified atom stereocenters. The number of hydrazine groups is 1. The predicted molar refractivity (Wildman–Crippen MR) is 80.2 cm³/mol. The number of pyridine rings is 1. The van der Waals surface area contributed by atoms with Crippen molar-refractivity contribution in [3.05, 3.63) is 24.0 Å². The van der Waals surface area contributed by atoms with Crippen LogP contribution in [0.1, 0.15) is 45.2 Å². The summed E-state index contributed by atoms with van der Waals surface area (Å²) in [5.41, 5.74) is 4.06. The fourth-order valence-electron chi connectivity index (χ4n) is 2.58. The molecule has 0 aromatic carbocycles. The molecule has 1 aliphatic rings. The zero-order valence-corrected chi connectivity index (χ0v) is 12.7. The third-order valence-corrected chi connectivity index (χ3v) is 5.06. The molecule has 0 saturated carbocycles. The van der Waals surface area contributed by atoms with E-state index in [1.54, 1.807) is 6.20 Å². The second-order valence-electron chi connectivity index (χ2n) is 5.48. The lowest BCUT2D eigenvalue weighted by atomic mass is 9.91. The molecule has 3 N–H and O–H groups in total. The number of hydrogen-bond donors (Lipinski definition) is 2. The number of hydrogen-bond acceptors (Lipinski definition) is 5. The number of ether oxygens (including phenoxy) is 1. The van der Waals surface area contributed by atoms with Crippen molar-refractivity contribution < 1.29 is 4.74 Å². The molecule has 2 rings (SSSR count). The van der Waals surface area contributed by atoms with E-state index in [0.717, 1.165) is 11.3 Å². The number of rotatable bonds is 5. The Kier molecular flexibility index (Phi) is 4.71. The monoisotopic (exact) mass is 281 g/mol. The molecule has 2 heterocycles. The van der Waals surface area contributed by atoms with Crippen LogP contribution in [0, 0.1) is 0 Å². The zero-order chi connectivity index (χ0) is 13.9. The molecular weight excluding hydrogens is 258 g/mol. The van der Waals surface area contributed by atoms with Crippen molar-refractivity contribution in [2.75, 3.05) is 5.75 Å². The third kappa shape index (κ3) is 3.41. The molecule has 1 aromatic rings. The van der Waals surface area contributed by atoms with Gasteiger partial charge in [0.25, 0.3) is 0 Å². The third-order valence-electron chi connectivity index (χ3n) is 3.47. The summed E-state index contributed by atoms with van der Waals surface area (Å²) in [5.74, 6) is 7.79. The molecule has 1 aliphatic heterocycles. The lowest BCUT2D eigenvalue weighted by Gasteiger charge is -2.33. The van der Waals surface area contributed by atoms with E-state index >= 15 is 0 Å². The quantitative estimate of drug-likeness (QED) is 0.642. The molecular formula is C14H23N3OS. The van der Waals surface area contributed by atoms with Gasteiger partial charge in [-0.05, 0) is 51.0 Å². The predicted octanol–water partition coefficient (Wildman–Crippen LogP) is 2.66. The van der Waals surface area contributed by atoms with Gasteiger partial charge in [0.05, 0.1) is 18.3 Å². The van der Waals surface area contributed by atoms with E-state index in [2.05, 4.69) is 17.3 Å². The van der Waals surface area contributed by atoms with E-state index in [0.29, 0.717) is 0 Å². The van der Waals surface area contributed by atoms with Crippen molar-refractivity contribution in [1.29, 1.82) is 0 Å². The minimum atomic E-state index is 0.100. The Bertz CT molecular complexity index is 419. The van der Waals surface area contributed by atoms with Crippen LogP contribution in [0.5, 0.6) is 5.75 Å². The largest absolute Gasteiger partial charge is 0.489 e.